The van der Waals surface area contributed by atoms with Gasteiger partial charge in [-0.3, -0.25) is 4.79 Å². The predicted octanol–water partition coefficient (Wildman–Crippen LogP) is 2.49. The number of anilines is 1. The highest BCUT2D eigenvalue weighted by atomic mass is 35.5. The van der Waals surface area contributed by atoms with Gasteiger partial charge in [0, 0.05) is 6.54 Å². The molecule has 2 aromatic rings. The van der Waals surface area contributed by atoms with Crippen LogP contribution in [0, 0.1) is 19.3 Å². The summed E-state index contributed by atoms with van der Waals surface area (Å²) in [5, 5.41) is 7.27. The van der Waals surface area contributed by atoms with Crippen LogP contribution < -0.4 is 10.9 Å². The Kier molecular flexibility index (Phi) is 5.02. The van der Waals surface area contributed by atoms with Gasteiger partial charge in [-0.1, -0.05) is 47.4 Å². The molecule has 0 aliphatic heterocycles. The quantitative estimate of drug-likeness (QED) is 0.863. The fourth-order valence-corrected chi connectivity index (χ4v) is 2.22. The number of nitrogens with zero attached hydrogens (tertiary/aromatic N) is 2. The van der Waals surface area contributed by atoms with Crippen molar-refractivity contribution in [1.29, 1.82) is 0 Å². The number of aryl methyl sites for hydroxylation is 1. The zero-order valence-corrected chi connectivity index (χ0v) is 12.5. The molecule has 1 aromatic heterocycles. The highest BCUT2D eigenvalue weighted by molar-refractivity contribution is 6.32. The highest BCUT2D eigenvalue weighted by Crippen LogP contribution is 2.15. The lowest BCUT2D eigenvalue weighted by atomic mass is 10.1. The van der Waals surface area contributed by atoms with Gasteiger partial charge in [0.15, 0.2) is 0 Å². The van der Waals surface area contributed by atoms with E-state index in [1.54, 1.807) is 0 Å². The molecule has 0 aliphatic carbocycles. The van der Waals surface area contributed by atoms with Gasteiger partial charge in [-0.2, -0.15) is 5.10 Å². The number of halogens is 1. The van der Waals surface area contributed by atoms with Crippen molar-refractivity contribution in [3.05, 3.63) is 57.0 Å². The lowest BCUT2D eigenvalue weighted by Gasteiger charge is -2.09. The molecule has 0 aliphatic rings. The molecule has 1 N–H and O–H groups in total. The minimum Gasteiger partial charge on any atom is -0.379 e. The van der Waals surface area contributed by atoms with E-state index in [1.807, 2.05) is 6.07 Å². The SMILES string of the molecule is C#CCn1ncc(Cl)c(NCCc2cccc(C)c2)c1=O. The van der Waals surface area contributed by atoms with E-state index in [4.69, 9.17) is 18.0 Å². The lowest BCUT2D eigenvalue weighted by Crippen LogP contribution is -2.26. The Morgan fingerprint density at radius 1 is 1.48 bits per heavy atom. The van der Waals surface area contributed by atoms with Crippen LogP contribution in [0.4, 0.5) is 5.69 Å². The third-order valence-electron chi connectivity index (χ3n) is 3.04. The van der Waals surface area contributed by atoms with Crippen molar-refractivity contribution in [3.63, 3.8) is 0 Å². The lowest BCUT2D eigenvalue weighted by molar-refractivity contribution is 0.664. The Bertz CT molecular complexity index is 731. The summed E-state index contributed by atoms with van der Waals surface area (Å²) in [6, 6.07) is 8.24. The molecule has 0 saturated heterocycles. The molecule has 0 atom stereocenters. The summed E-state index contributed by atoms with van der Waals surface area (Å²) < 4.78 is 1.21. The van der Waals surface area contributed by atoms with Gasteiger partial charge in [-0.25, -0.2) is 4.68 Å². The van der Waals surface area contributed by atoms with Crippen LogP contribution in [0.15, 0.2) is 35.3 Å². The zero-order valence-electron chi connectivity index (χ0n) is 11.8. The Morgan fingerprint density at radius 3 is 3.00 bits per heavy atom. The molecule has 2 rings (SSSR count). The van der Waals surface area contributed by atoms with E-state index < -0.39 is 0 Å². The number of terminal acetylenes is 1. The van der Waals surface area contributed by atoms with Crippen LogP contribution >= 0.6 is 11.6 Å². The second-order valence-electron chi connectivity index (χ2n) is 4.70. The number of hydrogen-bond acceptors (Lipinski definition) is 3. The van der Waals surface area contributed by atoms with Crippen LogP contribution in [-0.4, -0.2) is 16.3 Å². The monoisotopic (exact) mass is 301 g/mol. The molecule has 1 aromatic carbocycles. The van der Waals surface area contributed by atoms with Crippen molar-refractivity contribution in [2.45, 2.75) is 19.9 Å². The molecule has 1 heterocycles. The molecule has 0 amide bonds. The fourth-order valence-electron chi connectivity index (χ4n) is 2.03. The van der Waals surface area contributed by atoms with Gasteiger partial charge < -0.3 is 5.32 Å². The number of nitrogens with one attached hydrogen (secondary N) is 1. The first-order valence-corrected chi connectivity index (χ1v) is 6.98. The van der Waals surface area contributed by atoms with E-state index in [2.05, 4.69) is 41.5 Å². The molecule has 4 nitrogen and oxygen atoms in total. The molecule has 0 radical (unpaired) electrons. The molecule has 0 saturated carbocycles. The van der Waals surface area contributed by atoms with Gasteiger partial charge in [0.1, 0.15) is 12.2 Å². The maximum absolute atomic E-state index is 12.1. The van der Waals surface area contributed by atoms with Crippen LogP contribution in [0.5, 0.6) is 0 Å². The number of benzene rings is 1. The molecule has 0 bridgehead atoms. The zero-order chi connectivity index (χ0) is 15.2. The number of aromatic nitrogens is 2. The van der Waals surface area contributed by atoms with Crippen molar-refractivity contribution < 1.29 is 0 Å². The molecule has 0 spiro atoms. The summed E-state index contributed by atoms with van der Waals surface area (Å²) >= 11 is 6.02. The summed E-state index contributed by atoms with van der Waals surface area (Å²) in [5.41, 5.74) is 2.46. The van der Waals surface area contributed by atoms with Crippen LogP contribution in [0.3, 0.4) is 0 Å². The van der Waals surface area contributed by atoms with Crippen molar-refractivity contribution in [2.24, 2.45) is 0 Å². The molecular weight excluding hydrogens is 286 g/mol. The average Bonchev–Trinajstić information content (AvgIpc) is 2.46. The Labute approximate surface area is 128 Å². The normalized spacial score (nSPS) is 10.1. The first kappa shape index (κ1) is 15.1. The van der Waals surface area contributed by atoms with Gasteiger partial charge in [0.2, 0.25) is 0 Å². The molecular formula is C16H16ClN3O. The summed E-state index contributed by atoms with van der Waals surface area (Å²) in [4.78, 5) is 12.1. The van der Waals surface area contributed by atoms with Crippen LogP contribution in [0.1, 0.15) is 11.1 Å². The summed E-state index contributed by atoms with van der Waals surface area (Å²) in [6.07, 6.45) is 7.43. The van der Waals surface area contributed by atoms with Gasteiger partial charge in [0.25, 0.3) is 5.56 Å². The third kappa shape index (κ3) is 3.87. The first-order chi connectivity index (χ1) is 10.1. The molecule has 21 heavy (non-hydrogen) atoms. The predicted molar refractivity (Wildman–Crippen MR) is 85.7 cm³/mol. The minimum absolute atomic E-state index is 0.128. The maximum Gasteiger partial charge on any atom is 0.292 e. The Hall–Kier alpha value is -2.25. The van der Waals surface area contributed by atoms with Crippen molar-refractivity contribution in [3.8, 4) is 12.3 Å². The average molecular weight is 302 g/mol. The van der Waals surface area contributed by atoms with Crippen LogP contribution in [-0.2, 0) is 13.0 Å². The summed E-state index contributed by atoms with van der Waals surface area (Å²) in [6.45, 7) is 2.79. The van der Waals surface area contributed by atoms with E-state index >= 15 is 0 Å². The summed E-state index contributed by atoms with van der Waals surface area (Å²) in [5.74, 6) is 2.39. The molecule has 0 fully saturated rings. The van der Waals surface area contributed by atoms with E-state index in [9.17, 15) is 4.79 Å². The minimum atomic E-state index is -0.301. The van der Waals surface area contributed by atoms with Gasteiger partial charge >= 0.3 is 0 Å². The topological polar surface area (TPSA) is 46.9 Å². The van der Waals surface area contributed by atoms with Gasteiger partial charge in [0.05, 0.1) is 11.2 Å². The fraction of sp³-hybridized carbons (Fsp3) is 0.250. The second-order valence-corrected chi connectivity index (χ2v) is 5.11. The number of hydrogen-bond donors (Lipinski definition) is 1. The standard InChI is InChI=1S/C16H16ClN3O/c1-3-9-20-16(21)15(14(17)11-19-20)18-8-7-13-6-4-5-12(2)10-13/h1,4-6,10-11,18H,7-9H2,2H3. The van der Waals surface area contributed by atoms with Crippen molar-refractivity contribution in [1.82, 2.24) is 9.78 Å². The highest BCUT2D eigenvalue weighted by Gasteiger charge is 2.08. The molecule has 5 heteroatoms. The van der Waals surface area contributed by atoms with Crippen LogP contribution in [0.2, 0.25) is 5.02 Å². The van der Waals surface area contributed by atoms with Gasteiger partial charge in [-0.15, -0.1) is 6.42 Å². The largest absolute Gasteiger partial charge is 0.379 e. The second kappa shape index (κ2) is 6.96. The summed E-state index contributed by atoms with van der Waals surface area (Å²) in [7, 11) is 0. The smallest absolute Gasteiger partial charge is 0.292 e. The number of rotatable bonds is 5. The maximum atomic E-state index is 12.1. The van der Waals surface area contributed by atoms with E-state index in [1.165, 1.54) is 22.0 Å². The van der Waals surface area contributed by atoms with E-state index in [0.29, 0.717) is 17.3 Å². The van der Waals surface area contributed by atoms with Crippen molar-refractivity contribution >= 4 is 17.3 Å². The third-order valence-corrected chi connectivity index (χ3v) is 3.32. The molecule has 108 valence electrons. The molecule has 0 unspecified atom stereocenters. The van der Waals surface area contributed by atoms with E-state index in [-0.39, 0.29) is 12.1 Å². The Balaban J connectivity index is 2.08. The Morgan fingerprint density at radius 2 is 2.29 bits per heavy atom. The van der Waals surface area contributed by atoms with Crippen molar-refractivity contribution in [2.75, 3.05) is 11.9 Å². The van der Waals surface area contributed by atoms with Gasteiger partial charge in [-0.05, 0) is 18.9 Å². The van der Waals surface area contributed by atoms with E-state index in [0.717, 1.165) is 6.42 Å². The van der Waals surface area contributed by atoms with Crippen LogP contribution in [0.25, 0.3) is 0 Å². The first-order valence-electron chi connectivity index (χ1n) is 6.60.